The van der Waals surface area contributed by atoms with Crippen LogP contribution in [-0.4, -0.2) is 27.9 Å². The van der Waals surface area contributed by atoms with Crippen molar-refractivity contribution >= 4 is 29.0 Å². The number of rotatable bonds is 5. The molecule has 8 nitrogen and oxygen atoms in total. The van der Waals surface area contributed by atoms with E-state index in [1.807, 2.05) is 18.2 Å². The Labute approximate surface area is 189 Å². The van der Waals surface area contributed by atoms with E-state index in [2.05, 4.69) is 16.0 Å². The van der Waals surface area contributed by atoms with Gasteiger partial charge in [0.25, 0.3) is 11.8 Å². The summed E-state index contributed by atoms with van der Waals surface area (Å²) >= 11 is 0. The highest BCUT2D eigenvalue weighted by Gasteiger charge is 2.27. The predicted octanol–water partition coefficient (Wildman–Crippen LogP) is 3.12. The van der Waals surface area contributed by atoms with Gasteiger partial charge in [0.1, 0.15) is 0 Å². The fourth-order valence-electron chi connectivity index (χ4n) is 3.58. The van der Waals surface area contributed by atoms with Gasteiger partial charge in [0, 0.05) is 36.5 Å². The summed E-state index contributed by atoms with van der Waals surface area (Å²) in [6.07, 6.45) is 1.52. The quantitative estimate of drug-likeness (QED) is 0.234. The number of phenolic OH excluding ortho intramolecular Hbond substituents is 2. The van der Waals surface area contributed by atoms with Crippen molar-refractivity contribution in [3.63, 3.8) is 0 Å². The molecule has 166 valence electrons. The molecule has 33 heavy (non-hydrogen) atoms. The van der Waals surface area contributed by atoms with Gasteiger partial charge < -0.3 is 20.8 Å². The molecule has 4 rings (SSSR count). The highest BCUT2D eigenvalue weighted by molar-refractivity contribution is 6.31. The first kappa shape index (κ1) is 21.6. The first-order valence-corrected chi connectivity index (χ1v) is 10.1. The van der Waals surface area contributed by atoms with Crippen LogP contribution in [0.3, 0.4) is 0 Å². The first-order chi connectivity index (χ1) is 15.8. The number of anilines is 1. The Balaban J connectivity index is 1.66. The molecular weight excluding hydrogens is 422 g/mol. The maximum atomic E-state index is 12.6. The molecular formula is C25H21N3O5. The van der Waals surface area contributed by atoms with Gasteiger partial charge in [-0.1, -0.05) is 24.3 Å². The number of nitrogens with one attached hydrogen (secondary N) is 3. The van der Waals surface area contributed by atoms with Gasteiger partial charge in [0.2, 0.25) is 5.91 Å². The Hall–Kier alpha value is -4.59. The van der Waals surface area contributed by atoms with Crippen LogP contribution in [0.2, 0.25) is 0 Å². The Kier molecular flexibility index (Phi) is 5.82. The summed E-state index contributed by atoms with van der Waals surface area (Å²) in [5.41, 5.74) is 4.05. The highest BCUT2D eigenvalue weighted by Crippen LogP contribution is 2.31. The number of hydrogen-bond acceptors (Lipinski definition) is 6. The van der Waals surface area contributed by atoms with Crippen molar-refractivity contribution < 1.29 is 24.6 Å². The lowest BCUT2D eigenvalue weighted by atomic mass is 9.91. The summed E-state index contributed by atoms with van der Waals surface area (Å²) in [4.78, 5) is 36.3. The molecule has 0 bridgehead atoms. The minimum absolute atomic E-state index is 0.182. The van der Waals surface area contributed by atoms with Crippen LogP contribution in [0, 0.1) is 0 Å². The van der Waals surface area contributed by atoms with Crippen LogP contribution in [0.15, 0.2) is 66.9 Å². The van der Waals surface area contributed by atoms with Crippen LogP contribution < -0.4 is 16.0 Å². The molecule has 3 amide bonds. The third-order valence-electron chi connectivity index (χ3n) is 5.13. The van der Waals surface area contributed by atoms with Gasteiger partial charge in [0.05, 0.1) is 5.57 Å². The monoisotopic (exact) mass is 443 g/mol. The second kappa shape index (κ2) is 8.88. The van der Waals surface area contributed by atoms with E-state index in [0.717, 1.165) is 11.1 Å². The largest absolute Gasteiger partial charge is 0.504 e. The number of fused-ring (bicyclic) bond motifs is 1. The Bertz CT molecular complexity index is 1310. The SMILES string of the molecule is CC(=O)Nc1cccc(-c2ccc3c(c2)C(=CNCc2ccc(O)c(O)c2)C(=O)NC3=O)c1. The fourth-order valence-corrected chi connectivity index (χ4v) is 3.58. The average molecular weight is 443 g/mol. The molecule has 0 unspecified atom stereocenters. The molecule has 1 heterocycles. The molecule has 0 spiro atoms. The fraction of sp³-hybridized carbons (Fsp3) is 0.0800. The van der Waals surface area contributed by atoms with E-state index in [4.69, 9.17) is 0 Å². The van der Waals surface area contributed by atoms with E-state index >= 15 is 0 Å². The molecule has 0 radical (unpaired) electrons. The first-order valence-electron chi connectivity index (χ1n) is 10.1. The van der Waals surface area contributed by atoms with Crippen LogP contribution in [0.25, 0.3) is 16.7 Å². The van der Waals surface area contributed by atoms with E-state index in [1.165, 1.54) is 25.3 Å². The van der Waals surface area contributed by atoms with E-state index in [1.54, 1.807) is 30.3 Å². The Morgan fingerprint density at radius 3 is 2.45 bits per heavy atom. The van der Waals surface area contributed by atoms with Crippen molar-refractivity contribution in [2.45, 2.75) is 13.5 Å². The van der Waals surface area contributed by atoms with Gasteiger partial charge in [-0.05, 0) is 53.1 Å². The van der Waals surface area contributed by atoms with Crippen molar-refractivity contribution in [2.24, 2.45) is 0 Å². The number of amides is 3. The highest BCUT2D eigenvalue weighted by atomic mass is 16.3. The molecule has 0 fully saturated rings. The molecule has 8 heteroatoms. The number of carbonyl (C=O) groups excluding carboxylic acids is 3. The lowest BCUT2D eigenvalue weighted by Crippen LogP contribution is -2.37. The summed E-state index contributed by atoms with van der Waals surface area (Å²) in [7, 11) is 0. The maximum absolute atomic E-state index is 12.6. The zero-order chi connectivity index (χ0) is 23.5. The van der Waals surface area contributed by atoms with E-state index < -0.39 is 11.8 Å². The Morgan fingerprint density at radius 2 is 1.70 bits per heavy atom. The van der Waals surface area contributed by atoms with Crippen LogP contribution in [-0.2, 0) is 16.1 Å². The number of carbonyl (C=O) groups is 3. The Morgan fingerprint density at radius 1 is 0.909 bits per heavy atom. The van der Waals surface area contributed by atoms with E-state index in [0.29, 0.717) is 22.4 Å². The van der Waals surface area contributed by atoms with Crippen molar-refractivity contribution in [2.75, 3.05) is 5.32 Å². The number of phenols is 2. The van der Waals surface area contributed by atoms with E-state index in [9.17, 15) is 24.6 Å². The zero-order valence-corrected chi connectivity index (χ0v) is 17.7. The van der Waals surface area contributed by atoms with Gasteiger partial charge in [0.15, 0.2) is 11.5 Å². The average Bonchev–Trinajstić information content (AvgIpc) is 2.77. The van der Waals surface area contributed by atoms with Gasteiger partial charge in [-0.25, -0.2) is 0 Å². The minimum atomic E-state index is -0.530. The van der Waals surface area contributed by atoms with Crippen molar-refractivity contribution in [3.05, 3.63) is 83.6 Å². The molecule has 1 aliphatic rings. The van der Waals surface area contributed by atoms with Gasteiger partial charge in [-0.15, -0.1) is 0 Å². The normalized spacial score (nSPS) is 13.9. The predicted molar refractivity (Wildman–Crippen MR) is 123 cm³/mol. The molecule has 3 aromatic rings. The standard InChI is InChI=1S/C25H21N3O5/c1-14(29)27-18-4-2-3-16(10-18)17-6-7-19-20(11-17)21(25(33)28-24(19)32)13-26-12-15-5-8-22(30)23(31)9-15/h2-11,13,26,30-31H,12H2,1H3,(H,27,29)(H,28,32,33). The molecule has 0 saturated heterocycles. The molecule has 3 aromatic carbocycles. The van der Waals surface area contributed by atoms with Gasteiger partial charge in [-0.2, -0.15) is 0 Å². The van der Waals surface area contributed by atoms with Crippen molar-refractivity contribution in [3.8, 4) is 22.6 Å². The minimum Gasteiger partial charge on any atom is -0.504 e. The smallest absolute Gasteiger partial charge is 0.260 e. The number of imide groups is 1. The molecule has 5 N–H and O–H groups in total. The van der Waals surface area contributed by atoms with Crippen molar-refractivity contribution in [1.82, 2.24) is 10.6 Å². The molecule has 0 atom stereocenters. The number of benzene rings is 3. The third kappa shape index (κ3) is 4.69. The lowest BCUT2D eigenvalue weighted by Gasteiger charge is -2.20. The van der Waals surface area contributed by atoms with Crippen LogP contribution >= 0.6 is 0 Å². The maximum Gasteiger partial charge on any atom is 0.260 e. The van der Waals surface area contributed by atoms with Gasteiger partial charge in [-0.3, -0.25) is 19.7 Å². The molecule has 0 saturated carbocycles. The van der Waals surface area contributed by atoms with Gasteiger partial charge >= 0.3 is 0 Å². The summed E-state index contributed by atoms with van der Waals surface area (Å²) < 4.78 is 0. The summed E-state index contributed by atoms with van der Waals surface area (Å²) in [6, 6.07) is 16.9. The zero-order valence-electron chi connectivity index (χ0n) is 17.7. The molecule has 0 aliphatic carbocycles. The molecule has 0 aromatic heterocycles. The van der Waals surface area contributed by atoms with Crippen LogP contribution in [0.5, 0.6) is 11.5 Å². The third-order valence-corrected chi connectivity index (χ3v) is 5.13. The number of hydrogen-bond donors (Lipinski definition) is 5. The number of aromatic hydroxyl groups is 2. The summed E-state index contributed by atoms with van der Waals surface area (Å²) in [5.74, 6) is -1.64. The second-order valence-corrected chi connectivity index (χ2v) is 7.57. The van der Waals surface area contributed by atoms with Crippen LogP contribution in [0.4, 0.5) is 5.69 Å². The summed E-state index contributed by atoms with van der Waals surface area (Å²) in [5, 5.41) is 27.2. The molecule has 1 aliphatic heterocycles. The van der Waals surface area contributed by atoms with Crippen LogP contribution in [0.1, 0.15) is 28.4 Å². The lowest BCUT2D eigenvalue weighted by molar-refractivity contribution is -0.115. The summed E-state index contributed by atoms with van der Waals surface area (Å²) in [6.45, 7) is 1.71. The van der Waals surface area contributed by atoms with Crippen molar-refractivity contribution in [1.29, 1.82) is 0 Å². The van der Waals surface area contributed by atoms with E-state index in [-0.39, 0.29) is 29.5 Å². The second-order valence-electron chi connectivity index (χ2n) is 7.57. The topological polar surface area (TPSA) is 128 Å².